The Morgan fingerprint density at radius 3 is 2.67 bits per heavy atom. The van der Waals surface area contributed by atoms with Gasteiger partial charge in [0.05, 0.1) is 17.8 Å². The molecule has 1 aliphatic carbocycles. The van der Waals surface area contributed by atoms with Gasteiger partial charge in [-0.05, 0) is 39.5 Å². The molecule has 2 aliphatic rings. The van der Waals surface area contributed by atoms with Gasteiger partial charge in [-0.2, -0.15) is 5.26 Å². The summed E-state index contributed by atoms with van der Waals surface area (Å²) in [5.74, 6) is 0. The Kier molecular flexibility index (Phi) is 4.64. The van der Waals surface area contributed by atoms with E-state index >= 15 is 0 Å². The fourth-order valence-corrected chi connectivity index (χ4v) is 3.43. The van der Waals surface area contributed by atoms with Gasteiger partial charge in [0, 0.05) is 25.6 Å². The van der Waals surface area contributed by atoms with E-state index in [-0.39, 0.29) is 5.60 Å². The third kappa shape index (κ3) is 3.24. The van der Waals surface area contributed by atoms with Crippen LogP contribution in [0.3, 0.4) is 0 Å². The van der Waals surface area contributed by atoms with Crippen LogP contribution in [0.4, 0.5) is 0 Å². The van der Waals surface area contributed by atoms with Crippen molar-refractivity contribution < 1.29 is 4.74 Å². The zero-order chi connectivity index (χ0) is 13.0. The molecular weight excluding hydrogens is 224 g/mol. The zero-order valence-electron chi connectivity index (χ0n) is 11.8. The topological polar surface area (TPSA) is 36.3 Å². The van der Waals surface area contributed by atoms with Crippen LogP contribution in [-0.2, 0) is 4.74 Å². The fourth-order valence-electron chi connectivity index (χ4n) is 3.43. The van der Waals surface area contributed by atoms with Crippen molar-refractivity contribution in [3.05, 3.63) is 0 Å². The second-order valence-corrected chi connectivity index (χ2v) is 6.17. The molecule has 2 fully saturated rings. The lowest BCUT2D eigenvalue weighted by Gasteiger charge is -2.30. The van der Waals surface area contributed by atoms with E-state index in [1.807, 2.05) is 0 Å². The van der Waals surface area contributed by atoms with Crippen LogP contribution in [0.25, 0.3) is 0 Å². The van der Waals surface area contributed by atoms with E-state index in [0.29, 0.717) is 18.6 Å². The van der Waals surface area contributed by atoms with Crippen molar-refractivity contribution in [3.8, 4) is 6.07 Å². The highest BCUT2D eigenvalue weighted by molar-refractivity contribution is 4.93. The van der Waals surface area contributed by atoms with Gasteiger partial charge in [0.15, 0.2) is 0 Å². The summed E-state index contributed by atoms with van der Waals surface area (Å²) in [5.41, 5.74) is 0.239. The Balaban J connectivity index is 1.83. The normalized spacial score (nSPS) is 26.3. The number of rotatable bonds is 5. The highest BCUT2D eigenvalue weighted by Gasteiger charge is 2.42. The standard InChI is InChI=1S/C15H26N2O/c1-13(2)17(11-5-10-16)12-14-6-9-15(18-14)7-3-4-8-15/h13-14H,3-9,11-12H2,1-2H3. The van der Waals surface area contributed by atoms with Gasteiger partial charge in [-0.25, -0.2) is 0 Å². The predicted octanol–water partition coefficient (Wildman–Crippen LogP) is 3.10. The molecule has 1 heterocycles. The van der Waals surface area contributed by atoms with Crippen LogP contribution >= 0.6 is 0 Å². The maximum absolute atomic E-state index is 8.72. The molecule has 18 heavy (non-hydrogen) atoms. The Morgan fingerprint density at radius 1 is 1.33 bits per heavy atom. The van der Waals surface area contributed by atoms with Crippen LogP contribution in [0, 0.1) is 11.3 Å². The quantitative estimate of drug-likeness (QED) is 0.752. The summed E-state index contributed by atoms with van der Waals surface area (Å²) in [5, 5.41) is 8.72. The molecule has 0 amide bonds. The van der Waals surface area contributed by atoms with Gasteiger partial charge in [-0.3, -0.25) is 4.90 Å². The molecule has 0 N–H and O–H groups in total. The third-order valence-electron chi connectivity index (χ3n) is 4.53. The first-order chi connectivity index (χ1) is 8.65. The van der Waals surface area contributed by atoms with Crippen molar-refractivity contribution in [2.45, 2.75) is 76.5 Å². The molecule has 2 rings (SSSR count). The Bertz CT molecular complexity index is 302. The molecule has 3 heteroatoms. The summed E-state index contributed by atoms with van der Waals surface area (Å²) in [6.07, 6.45) is 8.69. The van der Waals surface area contributed by atoms with Gasteiger partial charge in [-0.1, -0.05) is 12.8 Å². The molecule has 1 saturated carbocycles. The summed E-state index contributed by atoms with van der Waals surface area (Å²) in [6.45, 7) is 6.29. The number of hydrogen-bond donors (Lipinski definition) is 0. The zero-order valence-corrected chi connectivity index (χ0v) is 11.8. The predicted molar refractivity (Wildman–Crippen MR) is 72.2 cm³/mol. The average molecular weight is 250 g/mol. The summed E-state index contributed by atoms with van der Waals surface area (Å²) < 4.78 is 6.35. The summed E-state index contributed by atoms with van der Waals surface area (Å²) in [6, 6.07) is 2.75. The largest absolute Gasteiger partial charge is 0.370 e. The van der Waals surface area contributed by atoms with E-state index < -0.39 is 0 Å². The number of ether oxygens (including phenoxy) is 1. The van der Waals surface area contributed by atoms with Crippen LogP contribution in [-0.4, -0.2) is 35.7 Å². The van der Waals surface area contributed by atoms with E-state index in [1.165, 1.54) is 38.5 Å². The maximum Gasteiger partial charge on any atom is 0.0710 e. The average Bonchev–Trinajstić information content (AvgIpc) is 2.95. The Hall–Kier alpha value is -0.590. The first kappa shape index (κ1) is 13.8. The van der Waals surface area contributed by atoms with Crippen LogP contribution in [0.15, 0.2) is 0 Å². The Morgan fingerprint density at radius 2 is 2.06 bits per heavy atom. The second-order valence-electron chi connectivity index (χ2n) is 6.17. The minimum Gasteiger partial charge on any atom is -0.370 e. The molecule has 1 saturated heterocycles. The molecule has 1 aliphatic heterocycles. The number of nitrogens with zero attached hydrogens (tertiary/aromatic N) is 2. The van der Waals surface area contributed by atoms with Gasteiger partial charge in [0.1, 0.15) is 0 Å². The first-order valence-corrected chi connectivity index (χ1v) is 7.44. The molecule has 0 aromatic rings. The Labute approximate surface area is 111 Å². The van der Waals surface area contributed by atoms with Crippen LogP contribution in [0.1, 0.15) is 58.8 Å². The van der Waals surface area contributed by atoms with E-state index in [2.05, 4.69) is 24.8 Å². The van der Waals surface area contributed by atoms with Gasteiger partial charge in [0.2, 0.25) is 0 Å². The smallest absolute Gasteiger partial charge is 0.0710 e. The lowest BCUT2D eigenvalue weighted by Crippen LogP contribution is -2.39. The van der Waals surface area contributed by atoms with Gasteiger partial charge in [0.25, 0.3) is 0 Å². The maximum atomic E-state index is 8.72. The number of hydrogen-bond acceptors (Lipinski definition) is 3. The SMILES string of the molecule is CC(C)N(CCC#N)CC1CCC2(CCCC2)O1. The monoisotopic (exact) mass is 250 g/mol. The van der Waals surface area contributed by atoms with Crippen LogP contribution in [0.2, 0.25) is 0 Å². The molecule has 0 aromatic heterocycles. The van der Waals surface area contributed by atoms with Crippen molar-refractivity contribution in [1.29, 1.82) is 5.26 Å². The molecule has 3 nitrogen and oxygen atoms in total. The fraction of sp³-hybridized carbons (Fsp3) is 0.933. The molecule has 1 spiro atoms. The van der Waals surface area contributed by atoms with Gasteiger partial charge < -0.3 is 4.74 Å². The molecule has 102 valence electrons. The summed E-state index contributed by atoms with van der Waals surface area (Å²) >= 11 is 0. The minimum atomic E-state index is 0.239. The van der Waals surface area contributed by atoms with E-state index in [0.717, 1.165) is 13.1 Å². The van der Waals surface area contributed by atoms with Gasteiger partial charge in [-0.15, -0.1) is 0 Å². The number of nitriles is 1. The molecule has 0 bridgehead atoms. The highest BCUT2D eigenvalue weighted by atomic mass is 16.5. The van der Waals surface area contributed by atoms with Gasteiger partial charge >= 0.3 is 0 Å². The van der Waals surface area contributed by atoms with E-state index in [4.69, 9.17) is 10.00 Å². The van der Waals surface area contributed by atoms with Crippen molar-refractivity contribution in [3.63, 3.8) is 0 Å². The van der Waals surface area contributed by atoms with Crippen molar-refractivity contribution in [2.75, 3.05) is 13.1 Å². The van der Waals surface area contributed by atoms with Crippen LogP contribution in [0.5, 0.6) is 0 Å². The molecule has 1 unspecified atom stereocenters. The van der Waals surface area contributed by atoms with Crippen molar-refractivity contribution in [2.24, 2.45) is 0 Å². The minimum absolute atomic E-state index is 0.239. The first-order valence-electron chi connectivity index (χ1n) is 7.44. The summed E-state index contributed by atoms with van der Waals surface area (Å²) in [7, 11) is 0. The summed E-state index contributed by atoms with van der Waals surface area (Å²) in [4.78, 5) is 2.39. The lowest BCUT2D eigenvalue weighted by atomic mass is 9.98. The molecule has 0 radical (unpaired) electrons. The van der Waals surface area contributed by atoms with E-state index in [1.54, 1.807) is 0 Å². The third-order valence-corrected chi connectivity index (χ3v) is 4.53. The lowest BCUT2D eigenvalue weighted by molar-refractivity contribution is -0.0498. The molecule has 1 atom stereocenters. The van der Waals surface area contributed by atoms with Crippen LogP contribution < -0.4 is 0 Å². The van der Waals surface area contributed by atoms with Crippen molar-refractivity contribution >= 4 is 0 Å². The highest BCUT2D eigenvalue weighted by Crippen LogP contribution is 2.43. The molecule has 0 aromatic carbocycles. The van der Waals surface area contributed by atoms with E-state index in [9.17, 15) is 0 Å². The second kappa shape index (κ2) is 6.04. The van der Waals surface area contributed by atoms with Crippen molar-refractivity contribution in [1.82, 2.24) is 4.90 Å². The molecular formula is C15H26N2O.